The molecule has 0 aliphatic heterocycles. The molecule has 4 aliphatic carbocycles. The van der Waals surface area contributed by atoms with Crippen molar-refractivity contribution in [2.75, 3.05) is 13.2 Å². The number of amides is 2. The van der Waals surface area contributed by atoms with Crippen molar-refractivity contribution in [3.05, 3.63) is 0 Å². The molecule has 4 fully saturated rings. The maximum Gasteiger partial charge on any atom is 0.340 e. The number of nitrogens with one attached hydrogen (secondary N) is 2. The first-order valence-electron chi connectivity index (χ1n) is 12.9. The molecule has 0 aromatic heterocycles. The molecule has 0 heterocycles. The molecule has 0 aromatic carbocycles. The largest absolute Gasteiger partial charge is 0.464 e. The second-order valence-electron chi connectivity index (χ2n) is 10.4. The number of ether oxygens (including phenoxy) is 1. The number of unbranched alkanes of at least 4 members (excludes halogenated alkanes) is 7. The molecule has 0 spiro atoms. The van der Waals surface area contributed by atoms with Crippen molar-refractivity contribution >= 4 is 12.0 Å². The number of hydrogen-bond acceptors (Lipinski definition) is 3. The highest BCUT2D eigenvalue weighted by atomic mass is 19.1. The maximum atomic E-state index is 13.5. The topological polar surface area (TPSA) is 67.4 Å². The SMILES string of the molecule is CCOC(=O)C(F)CCCCCCCCCCNC(=O)NC12CC3CC(CC(C3)C1)C2. The fraction of sp³-hybridized carbons (Fsp3) is 0.920. The van der Waals surface area contributed by atoms with Gasteiger partial charge in [0.25, 0.3) is 0 Å². The minimum Gasteiger partial charge on any atom is -0.464 e. The highest BCUT2D eigenvalue weighted by Crippen LogP contribution is 2.55. The predicted octanol–water partition coefficient (Wildman–Crippen LogP) is 5.67. The molecule has 31 heavy (non-hydrogen) atoms. The van der Waals surface area contributed by atoms with E-state index in [1.165, 1.54) is 51.4 Å². The van der Waals surface area contributed by atoms with E-state index < -0.39 is 12.1 Å². The van der Waals surface area contributed by atoms with Gasteiger partial charge in [0.05, 0.1) is 6.61 Å². The van der Waals surface area contributed by atoms with Crippen LogP contribution in [0.4, 0.5) is 9.18 Å². The highest BCUT2D eigenvalue weighted by molar-refractivity contribution is 5.75. The van der Waals surface area contributed by atoms with Crippen LogP contribution in [0, 0.1) is 17.8 Å². The minimum atomic E-state index is -1.47. The molecular formula is C25H43FN2O3. The van der Waals surface area contributed by atoms with E-state index >= 15 is 0 Å². The normalized spacial score (nSPS) is 29.5. The van der Waals surface area contributed by atoms with E-state index in [0.29, 0.717) is 0 Å². The van der Waals surface area contributed by atoms with E-state index in [-0.39, 0.29) is 24.6 Å². The van der Waals surface area contributed by atoms with Gasteiger partial charge < -0.3 is 15.4 Å². The maximum absolute atomic E-state index is 13.5. The van der Waals surface area contributed by atoms with Gasteiger partial charge in [-0.05, 0) is 82.5 Å². The third-order valence-electron chi connectivity index (χ3n) is 7.63. The summed E-state index contributed by atoms with van der Waals surface area (Å²) in [6.45, 7) is 2.68. The predicted molar refractivity (Wildman–Crippen MR) is 121 cm³/mol. The molecule has 4 rings (SSSR count). The van der Waals surface area contributed by atoms with E-state index in [2.05, 4.69) is 15.4 Å². The van der Waals surface area contributed by atoms with Crippen molar-refractivity contribution in [2.45, 2.75) is 115 Å². The van der Waals surface area contributed by atoms with Gasteiger partial charge in [0.1, 0.15) is 0 Å². The van der Waals surface area contributed by atoms with Gasteiger partial charge in [0.2, 0.25) is 0 Å². The molecule has 6 heteroatoms. The third kappa shape index (κ3) is 7.64. The second kappa shape index (κ2) is 12.1. The average molecular weight is 439 g/mol. The number of halogens is 1. The first kappa shape index (κ1) is 24.3. The molecule has 4 aliphatic rings. The van der Waals surface area contributed by atoms with Crippen LogP contribution in [0.25, 0.3) is 0 Å². The zero-order valence-corrected chi connectivity index (χ0v) is 19.4. The summed E-state index contributed by atoms with van der Waals surface area (Å²) in [6.07, 6.45) is 15.0. The lowest BCUT2D eigenvalue weighted by Crippen LogP contribution is -2.61. The van der Waals surface area contributed by atoms with Crippen LogP contribution >= 0.6 is 0 Å². The summed E-state index contributed by atoms with van der Waals surface area (Å²) >= 11 is 0. The van der Waals surface area contributed by atoms with Crippen LogP contribution in [0.1, 0.15) is 103 Å². The average Bonchev–Trinajstić information content (AvgIpc) is 2.70. The first-order valence-corrected chi connectivity index (χ1v) is 12.9. The smallest absolute Gasteiger partial charge is 0.340 e. The van der Waals surface area contributed by atoms with Crippen LogP contribution in [0.3, 0.4) is 0 Å². The number of urea groups is 1. The number of hydrogen-bond donors (Lipinski definition) is 2. The van der Waals surface area contributed by atoms with E-state index in [9.17, 15) is 14.0 Å². The van der Waals surface area contributed by atoms with Crippen molar-refractivity contribution in [2.24, 2.45) is 17.8 Å². The van der Waals surface area contributed by atoms with Crippen molar-refractivity contribution in [1.29, 1.82) is 0 Å². The molecule has 2 amide bonds. The quantitative estimate of drug-likeness (QED) is 0.271. The number of carbonyl (C=O) groups is 2. The van der Waals surface area contributed by atoms with E-state index in [0.717, 1.165) is 62.8 Å². The van der Waals surface area contributed by atoms with Crippen molar-refractivity contribution < 1.29 is 18.7 Å². The molecule has 4 saturated carbocycles. The molecule has 2 N–H and O–H groups in total. The Morgan fingerprint density at radius 3 is 1.97 bits per heavy atom. The van der Waals surface area contributed by atoms with Crippen LogP contribution in [0.2, 0.25) is 0 Å². The third-order valence-corrected chi connectivity index (χ3v) is 7.63. The van der Waals surface area contributed by atoms with Gasteiger partial charge in [-0.25, -0.2) is 14.0 Å². The van der Waals surface area contributed by atoms with Gasteiger partial charge in [-0.3, -0.25) is 0 Å². The van der Waals surface area contributed by atoms with Gasteiger partial charge in [-0.1, -0.05) is 38.5 Å². The van der Waals surface area contributed by atoms with E-state index in [4.69, 9.17) is 0 Å². The van der Waals surface area contributed by atoms with Crippen molar-refractivity contribution in [1.82, 2.24) is 10.6 Å². The zero-order chi connectivity index (χ0) is 22.1. The lowest BCUT2D eigenvalue weighted by molar-refractivity contribution is -0.149. The second-order valence-corrected chi connectivity index (χ2v) is 10.4. The Labute approximate surface area is 187 Å². The molecule has 1 unspecified atom stereocenters. The minimum absolute atomic E-state index is 0.0379. The van der Waals surface area contributed by atoms with E-state index in [1.54, 1.807) is 6.92 Å². The van der Waals surface area contributed by atoms with Crippen LogP contribution in [0.5, 0.6) is 0 Å². The Balaban J connectivity index is 1.13. The highest BCUT2D eigenvalue weighted by Gasteiger charge is 2.51. The fourth-order valence-corrected chi connectivity index (χ4v) is 6.61. The summed E-state index contributed by atoms with van der Waals surface area (Å²) in [7, 11) is 0. The summed E-state index contributed by atoms with van der Waals surface area (Å²) in [6, 6.07) is 0.0379. The number of carbonyl (C=O) groups excluding carboxylic acids is 2. The molecule has 1 atom stereocenters. The lowest BCUT2D eigenvalue weighted by Gasteiger charge is -2.56. The van der Waals surface area contributed by atoms with Gasteiger partial charge in [0.15, 0.2) is 6.17 Å². The van der Waals surface area contributed by atoms with Crippen LogP contribution < -0.4 is 10.6 Å². The zero-order valence-electron chi connectivity index (χ0n) is 19.4. The molecule has 4 bridgehead atoms. The molecule has 0 saturated heterocycles. The fourth-order valence-electron chi connectivity index (χ4n) is 6.61. The number of alkyl halides is 1. The van der Waals surface area contributed by atoms with Gasteiger partial charge in [0, 0.05) is 12.1 Å². The Morgan fingerprint density at radius 1 is 0.903 bits per heavy atom. The Bertz CT molecular complexity index is 548. The van der Waals surface area contributed by atoms with Gasteiger partial charge in [-0.2, -0.15) is 0 Å². The van der Waals surface area contributed by atoms with E-state index in [1.807, 2.05) is 0 Å². The summed E-state index contributed by atoms with van der Waals surface area (Å²) in [5.41, 5.74) is 0.0946. The van der Waals surface area contributed by atoms with Gasteiger partial charge >= 0.3 is 12.0 Å². The van der Waals surface area contributed by atoms with Crippen LogP contribution in [-0.2, 0) is 9.53 Å². The van der Waals surface area contributed by atoms with Crippen LogP contribution in [-0.4, -0.2) is 36.9 Å². The van der Waals surface area contributed by atoms with Gasteiger partial charge in [-0.15, -0.1) is 0 Å². The lowest BCUT2D eigenvalue weighted by atomic mass is 9.53. The van der Waals surface area contributed by atoms with Crippen LogP contribution in [0.15, 0.2) is 0 Å². The van der Waals surface area contributed by atoms with Crippen molar-refractivity contribution in [3.8, 4) is 0 Å². The summed E-state index contributed by atoms with van der Waals surface area (Å²) in [4.78, 5) is 23.6. The molecule has 0 aromatic rings. The monoisotopic (exact) mass is 438 g/mol. The standard InChI is InChI=1S/C25H43FN2O3/c1-2-31-23(29)22(26)11-9-7-5-3-4-6-8-10-12-27-24(30)28-25-16-19-13-20(17-25)15-21(14-19)18-25/h19-22H,2-18H2,1H3,(H2,27,28,30). The molecular weight excluding hydrogens is 395 g/mol. The Hall–Kier alpha value is -1.33. The summed E-state index contributed by atoms with van der Waals surface area (Å²) in [5.74, 6) is 1.83. The van der Waals surface area contributed by atoms with Crippen molar-refractivity contribution in [3.63, 3.8) is 0 Å². The summed E-state index contributed by atoms with van der Waals surface area (Å²) in [5, 5.41) is 6.45. The summed E-state index contributed by atoms with van der Waals surface area (Å²) < 4.78 is 18.2. The molecule has 178 valence electrons. The Kier molecular flexibility index (Phi) is 9.46. The molecule has 0 radical (unpaired) electrons. The Morgan fingerprint density at radius 2 is 1.42 bits per heavy atom. The number of esters is 1. The first-order chi connectivity index (χ1) is 15.0. The number of rotatable bonds is 14. The molecule has 5 nitrogen and oxygen atoms in total.